The number of hydrogen-bond donors (Lipinski definition) is 0. The van der Waals surface area contributed by atoms with Gasteiger partial charge in [0.2, 0.25) is 5.89 Å². The Hall–Kier alpha value is -1.64. The van der Waals surface area contributed by atoms with Crippen molar-refractivity contribution in [2.24, 2.45) is 0 Å². The van der Waals surface area contributed by atoms with Crippen molar-refractivity contribution in [1.29, 1.82) is 0 Å². The highest BCUT2D eigenvalue weighted by molar-refractivity contribution is 5.53. The molecule has 1 radical (unpaired) electrons. The van der Waals surface area contributed by atoms with E-state index >= 15 is 0 Å². The molecule has 14 heavy (non-hydrogen) atoms. The molecule has 0 bridgehead atoms. The van der Waals surface area contributed by atoms with Crippen LogP contribution in [0, 0.1) is 19.7 Å². The van der Waals surface area contributed by atoms with E-state index in [-0.39, 0.29) is 5.82 Å². The molecule has 0 amide bonds. The van der Waals surface area contributed by atoms with Crippen LogP contribution in [0.5, 0.6) is 0 Å². The summed E-state index contributed by atoms with van der Waals surface area (Å²) in [6.45, 7) is 5.50. The van der Waals surface area contributed by atoms with Gasteiger partial charge in [-0.15, -0.1) is 0 Å². The minimum Gasteiger partial charge on any atom is -0.441 e. The van der Waals surface area contributed by atoms with Crippen LogP contribution in [-0.2, 0) is 0 Å². The Morgan fingerprint density at radius 2 is 1.93 bits per heavy atom. The molecule has 0 aliphatic carbocycles. The lowest BCUT2D eigenvalue weighted by Crippen LogP contribution is -1.78. The highest BCUT2D eigenvalue weighted by Crippen LogP contribution is 2.21. The molecule has 0 spiro atoms. The molecule has 0 saturated heterocycles. The van der Waals surface area contributed by atoms with E-state index in [1.54, 1.807) is 19.1 Å². The number of aromatic nitrogens is 1. The largest absolute Gasteiger partial charge is 0.441 e. The smallest absolute Gasteiger partial charge is 0.226 e. The summed E-state index contributed by atoms with van der Waals surface area (Å²) < 4.78 is 18.0. The highest BCUT2D eigenvalue weighted by atomic mass is 19.1. The Morgan fingerprint density at radius 1 is 1.29 bits per heavy atom. The van der Waals surface area contributed by atoms with Crippen molar-refractivity contribution >= 4 is 0 Å². The SMILES string of the molecule is [CH2]c1nc(-c2ccc(F)cc2)oc1C. The molecule has 0 saturated carbocycles. The predicted molar refractivity (Wildman–Crippen MR) is 51.1 cm³/mol. The van der Waals surface area contributed by atoms with Crippen LogP contribution in [0.2, 0.25) is 0 Å². The molecule has 0 fully saturated rings. The van der Waals surface area contributed by atoms with Crippen LogP contribution in [-0.4, -0.2) is 4.98 Å². The van der Waals surface area contributed by atoms with Gasteiger partial charge in [-0.2, -0.15) is 0 Å². The normalized spacial score (nSPS) is 10.5. The van der Waals surface area contributed by atoms with Gasteiger partial charge in [0.15, 0.2) is 0 Å². The van der Waals surface area contributed by atoms with E-state index in [1.165, 1.54) is 12.1 Å². The van der Waals surface area contributed by atoms with Crippen molar-refractivity contribution in [3.63, 3.8) is 0 Å². The fourth-order valence-corrected chi connectivity index (χ4v) is 1.14. The zero-order valence-corrected chi connectivity index (χ0v) is 7.75. The molecule has 2 rings (SSSR count). The van der Waals surface area contributed by atoms with Crippen molar-refractivity contribution in [3.8, 4) is 11.5 Å². The Labute approximate surface area is 81.4 Å². The third-order valence-corrected chi connectivity index (χ3v) is 1.98. The Balaban J connectivity index is 2.44. The summed E-state index contributed by atoms with van der Waals surface area (Å²) >= 11 is 0. The zero-order valence-electron chi connectivity index (χ0n) is 7.75. The third kappa shape index (κ3) is 1.53. The second-order valence-electron chi connectivity index (χ2n) is 3.03. The monoisotopic (exact) mass is 190 g/mol. The summed E-state index contributed by atoms with van der Waals surface area (Å²) in [7, 11) is 0. The fraction of sp³-hybridized carbons (Fsp3) is 0.0909. The van der Waals surface area contributed by atoms with Crippen molar-refractivity contribution in [1.82, 2.24) is 4.98 Å². The van der Waals surface area contributed by atoms with Gasteiger partial charge in [-0.3, -0.25) is 0 Å². The first-order valence-electron chi connectivity index (χ1n) is 4.22. The average molecular weight is 190 g/mol. The van der Waals surface area contributed by atoms with Crippen LogP contribution in [0.15, 0.2) is 28.7 Å². The number of benzene rings is 1. The summed E-state index contributed by atoms with van der Waals surface area (Å²) in [5.74, 6) is 0.892. The molecule has 3 heteroatoms. The van der Waals surface area contributed by atoms with Crippen LogP contribution >= 0.6 is 0 Å². The first-order valence-corrected chi connectivity index (χ1v) is 4.22. The molecule has 2 nitrogen and oxygen atoms in total. The molecule has 71 valence electrons. The Bertz CT molecular complexity index is 425. The lowest BCUT2D eigenvalue weighted by atomic mass is 10.2. The van der Waals surface area contributed by atoms with E-state index in [4.69, 9.17) is 4.42 Å². The first kappa shape index (κ1) is 8.94. The van der Waals surface area contributed by atoms with Gasteiger partial charge in [0, 0.05) is 5.56 Å². The molecule has 0 aliphatic heterocycles. The number of oxazole rings is 1. The molecule has 0 aliphatic rings. The summed E-state index contributed by atoms with van der Waals surface area (Å²) in [5, 5.41) is 0. The molecular formula is C11H9FNO. The van der Waals surface area contributed by atoms with Crippen LogP contribution in [0.25, 0.3) is 11.5 Å². The van der Waals surface area contributed by atoms with Crippen LogP contribution in [0.1, 0.15) is 11.5 Å². The second-order valence-corrected chi connectivity index (χ2v) is 3.03. The van der Waals surface area contributed by atoms with Crippen molar-refractivity contribution in [2.75, 3.05) is 0 Å². The Morgan fingerprint density at radius 3 is 2.43 bits per heavy atom. The number of rotatable bonds is 1. The van der Waals surface area contributed by atoms with Gasteiger partial charge < -0.3 is 4.42 Å². The average Bonchev–Trinajstić information content (AvgIpc) is 2.48. The number of nitrogens with zero attached hydrogens (tertiary/aromatic N) is 1. The van der Waals surface area contributed by atoms with Gasteiger partial charge in [0.05, 0.1) is 5.69 Å². The Kier molecular flexibility index (Phi) is 2.08. The van der Waals surface area contributed by atoms with E-state index in [0.717, 1.165) is 5.56 Å². The highest BCUT2D eigenvalue weighted by Gasteiger charge is 2.07. The van der Waals surface area contributed by atoms with Gasteiger partial charge in [-0.25, -0.2) is 9.37 Å². The summed E-state index contributed by atoms with van der Waals surface area (Å²) in [4.78, 5) is 4.11. The number of aryl methyl sites for hydroxylation is 1. The molecule has 2 aromatic rings. The maximum Gasteiger partial charge on any atom is 0.226 e. The first-order chi connectivity index (χ1) is 6.66. The lowest BCUT2D eigenvalue weighted by Gasteiger charge is -1.93. The summed E-state index contributed by atoms with van der Waals surface area (Å²) in [6, 6.07) is 6.00. The molecule has 0 unspecified atom stereocenters. The minimum atomic E-state index is -0.271. The van der Waals surface area contributed by atoms with Gasteiger partial charge in [-0.05, 0) is 38.1 Å². The maximum absolute atomic E-state index is 12.6. The molecule has 1 aromatic heterocycles. The van der Waals surface area contributed by atoms with Crippen LogP contribution < -0.4 is 0 Å². The van der Waals surface area contributed by atoms with Crippen molar-refractivity contribution in [3.05, 3.63) is 48.5 Å². The van der Waals surface area contributed by atoms with Gasteiger partial charge in [0.25, 0.3) is 0 Å². The van der Waals surface area contributed by atoms with Crippen LogP contribution in [0.4, 0.5) is 4.39 Å². The van der Waals surface area contributed by atoms with Gasteiger partial charge >= 0.3 is 0 Å². The van der Waals surface area contributed by atoms with E-state index < -0.39 is 0 Å². The van der Waals surface area contributed by atoms with Crippen LogP contribution in [0.3, 0.4) is 0 Å². The van der Waals surface area contributed by atoms with E-state index in [0.29, 0.717) is 17.3 Å². The molecular weight excluding hydrogens is 181 g/mol. The zero-order chi connectivity index (χ0) is 10.1. The second kappa shape index (κ2) is 3.25. The molecule has 0 N–H and O–H groups in total. The standard InChI is InChI=1S/C11H9FNO/c1-7-8(2)14-11(13-7)9-3-5-10(12)6-4-9/h3-6H,1H2,2H3. The van der Waals surface area contributed by atoms with E-state index in [2.05, 4.69) is 11.9 Å². The lowest BCUT2D eigenvalue weighted by molar-refractivity contribution is 0.541. The number of hydrogen-bond acceptors (Lipinski definition) is 2. The van der Waals surface area contributed by atoms with Gasteiger partial charge in [-0.1, -0.05) is 0 Å². The maximum atomic E-state index is 12.6. The fourth-order valence-electron chi connectivity index (χ4n) is 1.14. The molecule has 0 atom stereocenters. The molecule has 1 heterocycles. The summed E-state index contributed by atoms with van der Waals surface area (Å²) in [6.07, 6.45) is 0. The van der Waals surface area contributed by atoms with E-state index in [9.17, 15) is 4.39 Å². The quantitative estimate of drug-likeness (QED) is 0.690. The van der Waals surface area contributed by atoms with Crippen molar-refractivity contribution < 1.29 is 8.81 Å². The summed E-state index contributed by atoms with van der Waals surface area (Å²) in [5.41, 5.74) is 1.37. The number of halogens is 1. The van der Waals surface area contributed by atoms with E-state index in [1.807, 2.05) is 0 Å². The molecule has 1 aromatic carbocycles. The predicted octanol–water partition coefficient (Wildman–Crippen LogP) is 2.97. The van der Waals surface area contributed by atoms with Crippen molar-refractivity contribution in [2.45, 2.75) is 6.92 Å². The topological polar surface area (TPSA) is 26.0 Å². The minimum absolute atomic E-state index is 0.271. The third-order valence-electron chi connectivity index (χ3n) is 1.98. The van der Waals surface area contributed by atoms with Gasteiger partial charge in [0.1, 0.15) is 11.6 Å².